The third kappa shape index (κ3) is 6.08. The molecule has 1 fully saturated rings. The van der Waals surface area contributed by atoms with E-state index in [2.05, 4.69) is 30.1 Å². The number of allylic oxidation sites excluding steroid dienone is 1. The van der Waals surface area contributed by atoms with Crippen LogP contribution in [-0.2, 0) is 4.74 Å². The van der Waals surface area contributed by atoms with Gasteiger partial charge in [-0.15, -0.1) is 0 Å². The van der Waals surface area contributed by atoms with Gasteiger partial charge in [-0.25, -0.2) is 0 Å². The monoisotopic (exact) mass is 374 g/mol. The predicted molar refractivity (Wildman–Crippen MR) is 113 cm³/mol. The number of nitrogens with zero attached hydrogens (tertiary/aromatic N) is 2. The highest BCUT2D eigenvalue weighted by Crippen LogP contribution is 2.40. The Balaban J connectivity index is 2.05. The van der Waals surface area contributed by atoms with Gasteiger partial charge in [0, 0.05) is 31.9 Å². The van der Waals surface area contributed by atoms with Crippen molar-refractivity contribution in [3.05, 3.63) is 24.3 Å². The van der Waals surface area contributed by atoms with Crippen molar-refractivity contribution in [2.45, 2.75) is 32.6 Å². The quantitative estimate of drug-likeness (QED) is 0.397. The van der Waals surface area contributed by atoms with E-state index in [0.29, 0.717) is 24.7 Å². The number of methoxy groups -OCH3 is 2. The zero-order valence-corrected chi connectivity index (χ0v) is 17.1. The second-order valence-electron chi connectivity index (χ2n) is 7.14. The van der Waals surface area contributed by atoms with Gasteiger partial charge in [0.15, 0.2) is 11.5 Å². The van der Waals surface area contributed by atoms with Crippen LogP contribution >= 0.6 is 0 Å². The first kappa shape index (κ1) is 21.5. The fraction of sp³-hybridized carbons (Fsp3) is 0.591. The molecule has 1 unspecified atom stereocenters. The number of hydrogen-bond acceptors (Lipinski definition) is 5. The molecule has 150 valence electrons. The van der Waals surface area contributed by atoms with E-state index >= 15 is 0 Å². The lowest BCUT2D eigenvalue weighted by Crippen LogP contribution is -2.21. The zero-order valence-electron chi connectivity index (χ0n) is 17.1. The topological polar surface area (TPSA) is 43.3 Å². The smallest absolute Gasteiger partial charge is 0.163 e. The molecule has 1 aromatic rings. The minimum absolute atomic E-state index is 0.280. The summed E-state index contributed by atoms with van der Waals surface area (Å²) in [6.07, 6.45) is 4.54. The van der Waals surface area contributed by atoms with Crippen LogP contribution in [0.1, 0.15) is 38.2 Å². The van der Waals surface area contributed by atoms with Crippen molar-refractivity contribution in [1.82, 2.24) is 4.90 Å². The van der Waals surface area contributed by atoms with E-state index in [1.165, 1.54) is 25.9 Å². The summed E-state index contributed by atoms with van der Waals surface area (Å²) in [5.41, 5.74) is 2.74. The Morgan fingerprint density at radius 2 is 1.93 bits per heavy atom. The van der Waals surface area contributed by atoms with Crippen LogP contribution in [0.5, 0.6) is 11.5 Å². The van der Waals surface area contributed by atoms with E-state index in [4.69, 9.17) is 14.2 Å². The van der Waals surface area contributed by atoms with Gasteiger partial charge in [0.25, 0.3) is 0 Å². The van der Waals surface area contributed by atoms with Gasteiger partial charge in [0.05, 0.1) is 19.4 Å². The number of aliphatic imine (C=N–C) groups is 1. The molecule has 0 amide bonds. The Morgan fingerprint density at radius 3 is 2.56 bits per heavy atom. The lowest BCUT2D eigenvalue weighted by molar-refractivity contribution is 0.187. The van der Waals surface area contributed by atoms with Crippen molar-refractivity contribution in [3.8, 4) is 11.5 Å². The van der Waals surface area contributed by atoms with E-state index in [1.807, 2.05) is 12.1 Å². The highest BCUT2D eigenvalue weighted by Gasteiger charge is 2.17. The van der Waals surface area contributed by atoms with Gasteiger partial charge < -0.3 is 19.1 Å². The third-order valence-electron chi connectivity index (χ3n) is 5.22. The van der Waals surface area contributed by atoms with E-state index in [9.17, 15) is 0 Å². The Hall–Kier alpha value is -1.85. The molecule has 0 radical (unpaired) electrons. The normalized spacial score (nSPS) is 15.5. The Morgan fingerprint density at radius 1 is 1.19 bits per heavy atom. The highest BCUT2D eigenvalue weighted by molar-refractivity contribution is 5.78. The maximum atomic E-state index is 6.00. The molecule has 27 heavy (non-hydrogen) atoms. The number of ether oxygens (including phenoxy) is 3. The molecule has 0 N–H and O–H groups in total. The molecule has 0 bridgehead atoms. The Bertz CT molecular complexity index is 624. The molecule has 1 aliphatic heterocycles. The molecule has 5 nitrogen and oxygen atoms in total. The SMILES string of the molecule is C=Nc1cc(OCCCN2CCCC2)c(OC)cc1C(=C)C(C)CCOC. The third-order valence-corrected chi connectivity index (χ3v) is 5.22. The average molecular weight is 375 g/mol. The maximum Gasteiger partial charge on any atom is 0.163 e. The number of benzene rings is 1. The predicted octanol–water partition coefficient (Wildman–Crippen LogP) is 4.58. The molecular weight excluding hydrogens is 340 g/mol. The van der Waals surface area contributed by atoms with Crippen LogP contribution in [-0.4, -0.2) is 58.7 Å². The fourth-order valence-corrected chi connectivity index (χ4v) is 3.42. The van der Waals surface area contributed by atoms with Crippen LogP contribution in [0.2, 0.25) is 0 Å². The standard InChI is InChI=1S/C22H34N2O3/c1-17(9-14-25-4)18(2)19-15-21(26-5)22(16-20(19)23-3)27-13-8-12-24-10-6-7-11-24/h15-17H,2-3,6-14H2,1,4-5H3. The lowest BCUT2D eigenvalue weighted by Gasteiger charge is -2.19. The summed E-state index contributed by atoms with van der Waals surface area (Å²) in [4.78, 5) is 6.69. The van der Waals surface area contributed by atoms with E-state index in [0.717, 1.165) is 36.2 Å². The van der Waals surface area contributed by atoms with Crippen molar-refractivity contribution in [2.24, 2.45) is 10.9 Å². The van der Waals surface area contributed by atoms with Gasteiger partial charge in [-0.3, -0.25) is 4.99 Å². The zero-order chi connectivity index (χ0) is 19.6. The first-order valence-electron chi connectivity index (χ1n) is 9.82. The molecule has 0 spiro atoms. The van der Waals surface area contributed by atoms with Crippen molar-refractivity contribution in [2.75, 3.05) is 47.1 Å². The first-order valence-corrected chi connectivity index (χ1v) is 9.82. The molecule has 5 heteroatoms. The summed E-state index contributed by atoms with van der Waals surface area (Å²) in [5.74, 6) is 1.70. The van der Waals surface area contributed by atoms with Crippen molar-refractivity contribution in [3.63, 3.8) is 0 Å². The van der Waals surface area contributed by atoms with Crippen molar-refractivity contribution >= 4 is 18.0 Å². The largest absolute Gasteiger partial charge is 0.493 e. The van der Waals surface area contributed by atoms with Gasteiger partial charge >= 0.3 is 0 Å². The van der Waals surface area contributed by atoms with Crippen LogP contribution in [0.15, 0.2) is 23.7 Å². The molecule has 1 atom stereocenters. The van der Waals surface area contributed by atoms with Gasteiger partial charge in [-0.2, -0.15) is 0 Å². The fourth-order valence-electron chi connectivity index (χ4n) is 3.42. The summed E-state index contributed by atoms with van der Waals surface area (Å²) in [6.45, 7) is 15.0. The Labute approximate surface area is 164 Å². The maximum absolute atomic E-state index is 6.00. The van der Waals surface area contributed by atoms with Crippen LogP contribution in [0.4, 0.5) is 5.69 Å². The molecule has 1 heterocycles. The van der Waals surface area contributed by atoms with Crippen molar-refractivity contribution in [1.29, 1.82) is 0 Å². The van der Waals surface area contributed by atoms with Crippen LogP contribution in [0.3, 0.4) is 0 Å². The minimum atomic E-state index is 0.280. The van der Waals surface area contributed by atoms with E-state index in [1.54, 1.807) is 14.2 Å². The summed E-state index contributed by atoms with van der Waals surface area (Å²) in [6, 6.07) is 3.87. The van der Waals surface area contributed by atoms with Crippen LogP contribution < -0.4 is 9.47 Å². The molecular formula is C22H34N2O3. The molecule has 0 aliphatic carbocycles. The minimum Gasteiger partial charge on any atom is -0.493 e. The molecule has 0 saturated carbocycles. The number of hydrogen-bond donors (Lipinski definition) is 0. The number of rotatable bonds is 12. The molecule has 2 rings (SSSR count). The summed E-state index contributed by atoms with van der Waals surface area (Å²) < 4.78 is 16.8. The van der Waals surface area contributed by atoms with Crippen LogP contribution in [0, 0.1) is 5.92 Å². The van der Waals surface area contributed by atoms with Gasteiger partial charge in [-0.05, 0) is 63.0 Å². The highest BCUT2D eigenvalue weighted by atomic mass is 16.5. The second kappa shape index (κ2) is 11.1. The average Bonchev–Trinajstić information content (AvgIpc) is 3.21. The summed E-state index contributed by atoms with van der Waals surface area (Å²) >= 11 is 0. The van der Waals surface area contributed by atoms with Crippen molar-refractivity contribution < 1.29 is 14.2 Å². The first-order chi connectivity index (χ1) is 13.1. The molecule has 1 aliphatic rings. The van der Waals surface area contributed by atoms with Gasteiger partial charge in [0.2, 0.25) is 0 Å². The number of likely N-dealkylation sites (tertiary alicyclic amines) is 1. The van der Waals surface area contributed by atoms with Gasteiger partial charge in [-0.1, -0.05) is 13.5 Å². The van der Waals surface area contributed by atoms with E-state index < -0.39 is 0 Å². The summed E-state index contributed by atoms with van der Waals surface area (Å²) in [5, 5.41) is 0. The lowest BCUT2D eigenvalue weighted by atomic mass is 9.91. The molecule has 1 saturated heterocycles. The summed E-state index contributed by atoms with van der Waals surface area (Å²) in [7, 11) is 3.37. The van der Waals surface area contributed by atoms with Crippen LogP contribution in [0.25, 0.3) is 5.57 Å². The molecule has 1 aromatic carbocycles. The van der Waals surface area contributed by atoms with E-state index in [-0.39, 0.29) is 5.92 Å². The van der Waals surface area contributed by atoms with Gasteiger partial charge in [0.1, 0.15) is 0 Å². The Kier molecular flexibility index (Phi) is 8.82. The molecule has 0 aromatic heterocycles. The second-order valence-corrected chi connectivity index (χ2v) is 7.14.